The van der Waals surface area contributed by atoms with Gasteiger partial charge in [-0.1, -0.05) is 22.9 Å². The van der Waals surface area contributed by atoms with Crippen molar-refractivity contribution in [3.8, 4) is 0 Å². The van der Waals surface area contributed by atoms with Crippen molar-refractivity contribution in [2.75, 3.05) is 18.4 Å². The van der Waals surface area contributed by atoms with Crippen molar-refractivity contribution in [3.05, 3.63) is 12.0 Å². The first-order valence-electron chi connectivity index (χ1n) is 6.18. The summed E-state index contributed by atoms with van der Waals surface area (Å²) in [6.07, 6.45) is 3.96. The van der Waals surface area contributed by atoms with Crippen LogP contribution in [0.25, 0.3) is 0 Å². The van der Waals surface area contributed by atoms with E-state index in [0.717, 1.165) is 18.2 Å². The van der Waals surface area contributed by atoms with E-state index in [1.807, 2.05) is 6.92 Å². The Hall–Kier alpha value is -0.400. The molecule has 1 saturated heterocycles. The maximum Gasteiger partial charge on any atom is 0.260 e. The standard InChI is InChI=1S/C11H18BrN3O2S/c1-2-10-13-8-11(14-10)18(16,17)15-5-3-9(7-12)4-6-15/h8-9H,2-7H2,1H3,(H,13,14). The van der Waals surface area contributed by atoms with E-state index in [-0.39, 0.29) is 5.03 Å². The molecule has 1 aliphatic rings. The topological polar surface area (TPSA) is 66.1 Å². The summed E-state index contributed by atoms with van der Waals surface area (Å²) in [6.45, 7) is 3.13. The third-order valence-electron chi connectivity index (χ3n) is 3.35. The quantitative estimate of drug-likeness (QED) is 0.852. The molecule has 0 radical (unpaired) electrons. The van der Waals surface area contributed by atoms with E-state index < -0.39 is 10.0 Å². The van der Waals surface area contributed by atoms with Gasteiger partial charge in [-0.3, -0.25) is 0 Å². The Morgan fingerprint density at radius 3 is 2.67 bits per heavy atom. The predicted octanol–water partition coefficient (Wildman–Crippen LogP) is 1.77. The second-order valence-electron chi connectivity index (χ2n) is 4.55. The van der Waals surface area contributed by atoms with Gasteiger partial charge in [0.15, 0.2) is 5.03 Å². The molecule has 102 valence electrons. The number of H-pyrrole nitrogens is 1. The van der Waals surface area contributed by atoms with Crippen molar-refractivity contribution < 1.29 is 8.42 Å². The molecule has 1 aromatic heterocycles. The van der Waals surface area contributed by atoms with Gasteiger partial charge in [-0.15, -0.1) is 0 Å². The molecule has 1 aliphatic heterocycles. The van der Waals surface area contributed by atoms with E-state index in [1.54, 1.807) is 4.31 Å². The Kier molecular flexibility index (Phi) is 4.45. The third-order valence-corrected chi connectivity index (χ3v) is 6.07. The Morgan fingerprint density at radius 2 is 2.17 bits per heavy atom. The van der Waals surface area contributed by atoms with Gasteiger partial charge in [0.25, 0.3) is 10.0 Å². The maximum atomic E-state index is 12.4. The third kappa shape index (κ3) is 2.78. The summed E-state index contributed by atoms with van der Waals surface area (Å²) in [7, 11) is -3.38. The van der Waals surface area contributed by atoms with Gasteiger partial charge in [-0.2, -0.15) is 4.31 Å². The minimum Gasteiger partial charge on any atom is -0.332 e. The normalized spacial score (nSPS) is 19.2. The summed E-state index contributed by atoms with van der Waals surface area (Å²) in [5.41, 5.74) is 0. The highest BCUT2D eigenvalue weighted by Crippen LogP contribution is 2.24. The highest BCUT2D eigenvalue weighted by molar-refractivity contribution is 9.09. The van der Waals surface area contributed by atoms with Gasteiger partial charge < -0.3 is 4.98 Å². The van der Waals surface area contributed by atoms with Crippen molar-refractivity contribution in [3.63, 3.8) is 0 Å². The Labute approximate surface area is 116 Å². The van der Waals surface area contributed by atoms with Crippen LogP contribution in [0.3, 0.4) is 0 Å². The molecular weight excluding hydrogens is 318 g/mol. The lowest BCUT2D eigenvalue weighted by Crippen LogP contribution is -2.38. The fraction of sp³-hybridized carbons (Fsp3) is 0.727. The Morgan fingerprint density at radius 1 is 1.50 bits per heavy atom. The van der Waals surface area contributed by atoms with E-state index >= 15 is 0 Å². The summed E-state index contributed by atoms with van der Waals surface area (Å²) in [6, 6.07) is 0. The Bertz CT molecular complexity index is 492. The number of aromatic amines is 1. The number of hydrogen-bond donors (Lipinski definition) is 1. The van der Waals surface area contributed by atoms with Crippen LogP contribution in [-0.4, -0.2) is 41.1 Å². The molecule has 5 nitrogen and oxygen atoms in total. The van der Waals surface area contributed by atoms with Gasteiger partial charge in [0.1, 0.15) is 5.82 Å². The molecule has 18 heavy (non-hydrogen) atoms. The second-order valence-corrected chi connectivity index (χ2v) is 7.10. The SMILES string of the molecule is CCc1ncc(S(=O)(=O)N2CCC(CBr)CC2)[nH]1. The highest BCUT2D eigenvalue weighted by Gasteiger charge is 2.30. The van der Waals surface area contributed by atoms with Gasteiger partial charge in [-0.25, -0.2) is 13.4 Å². The molecule has 7 heteroatoms. The van der Waals surface area contributed by atoms with E-state index in [0.29, 0.717) is 31.3 Å². The fourth-order valence-electron chi connectivity index (χ4n) is 2.10. The molecule has 0 unspecified atom stereocenters. The number of sulfonamides is 1. The van der Waals surface area contributed by atoms with Gasteiger partial charge in [0.2, 0.25) is 0 Å². The van der Waals surface area contributed by atoms with Gasteiger partial charge in [0, 0.05) is 24.8 Å². The first-order chi connectivity index (χ1) is 8.57. The van der Waals surface area contributed by atoms with Crippen LogP contribution in [0.5, 0.6) is 0 Å². The summed E-state index contributed by atoms with van der Waals surface area (Å²) in [4.78, 5) is 6.93. The zero-order valence-corrected chi connectivity index (χ0v) is 12.8. The second kappa shape index (κ2) is 5.71. The molecule has 0 atom stereocenters. The molecule has 1 aromatic rings. The van der Waals surface area contributed by atoms with E-state index in [1.165, 1.54) is 6.20 Å². The number of nitrogens with zero attached hydrogens (tertiary/aromatic N) is 2. The number of alkyl halides is 1. The average molecular weight is 336 g/mol. The number of nitrogens with one attached hydrogen (secondary N) is 1. The molecule has 0 amide bonds. The van der Waals surface area contributed by atoms with E-state index in [2.05, 4.69) is 25.9 Å². The Balaban J connectivity index is 2.12. The van der Waals surface area contributed by atoms with E-state index in [9.17, 15) is 8.42 Å². The summed E-state index contributed by atoms with van der Waals surface area (Å²) < 4.78 is 26.3. The lowest BCUT2D eigenvalue weighted by atomic mass is 10.0. The summed E-state index contributed by atoms with van der Waals surface area (Å²) in [5, 5.41) is 1.17. The van der Waals surface area contributed by atoms with Gasteiger partial charge >= 0.3 is 0 Å². The number of halogens is 1. The number of rotatable bonds is 4. The highest BCUT2D eigenvalue weighted by atomic mass is 79.9. The van der Waals surface area contributed by atoms with Gasteiger partial charge in [0.05, 0.1) is 6.20 Å². The van der Waals surface area contributed by atoms with Crippen LogP contribution in [0.1, 0.15) is 25.6 Å². The minimum atomic E-state index is -3.38. The van der Waals surface area contributed by atoms with Crippen LogP contribution in [-0.2, 0) is 16.4 Å². The molecule has 2 rings (SSSR count). The number of piperidine rings is 1. The maximum absolute atomic E-state index is 12.4. The lowest BCUT2D eigenvalue weighted by molar-refractivity contribution is 0.291. The zero-order chi connectivity index (χ0) is 13.2. The van der Waals surface area contributed by atoms with E-state index in [4.69, 9.17) is 0 Å². The van der Waals surface area contributed by atoms with Crippen molar-refractivity contribution in [1.82, 2.24) is 14.3 Å². The first kappa shape index (κ1) is 14.0. The molecular formula is C11H18BrN3O2S. The zero-order valence-electron chi connectivity index (χ0n) is 10.4. The van der Waals surface area contributed by atoms with Crippen molar-refractivity contribution in [2.45, 2.75) is 31.2 Å². The van der Waals surface area contributed by atoms with Crippen LogP contribution in [0.4, 0.5) is 0 Å². The summed E-state index contributed by atoms with van der Waals surface area (Å²) in [5.74, 6) is 1.30. The van der Waals surface area contributed by atoms with Crippen LogP contribution in [0.15, 0.2) is 11.2 Å². The lowest BCUT2D eigenvalue weighted by Gasteiger charge is -2.29. The van der Waals surface area contributed by atoms with Crippen LogP contribution in [0, 0.1) is 5.92 Å². The fourth-order valence-corrected chi connectivity index (χ4v) is 4.15. The molecule has 2 heterocycles. The van der Waals surface area contributed by atoms with Crippen LogP contribution < -0.4 is 0 Å². The number of imidazole rings is 1. The van der Waals surface area contributed by atoms with Gasteiger partial charge in [-0.05, 0) is 18.8 Å². The van der Waals surface area contributed by atoms with Crippen molar-refractivity contribution >= 4 is 26.0 Å². The van der Waals surface area contributed by atoms with Crippen molar-refractivity contribution in [1.29, 1.82) is 0 Å². The molecule has 0 aliphatic carbocycles. The molecule has 0 saturated carbocycles. The first-order valence-corrected chi connectivity index (χ1v) is 8.74. The average Bonchev–Trinajstić information content (AvgIpc) is 2.88. The minimum absolute atomic E-state index is 0.219. The van der Waals surface area contributed by atoms with Crippen LogP contribution in [0.2, 0.25) is 0 Å². The number of hydrogen-bond acceptors (Lipinski definition) is 3. The molecule has 1 fully saturated rings. The summed E-state index contributed by atoms with van der Waals surface area (Å²) >= 11 is 3.45. The monoisotopic (exact) mass is 335 g/mol. The van der Waals surface area contributed by atoms with Crippen molar-refractivity contribution in [2.24, 2.45) is 5.92 Å². The molecule has 0 bridgehead atoms. The van der Waals surface area contributed by atoms with Crippen LogP contribution >= 0.6 is 15.9 Å². The number of aryl methyl sites for hydroxylation is 1. The molecule has 0 spiro atoms. The predicted molar refractivity (Wildman–Crippen MR) is 73.2 cm³/mol. The molecule has 1 N–H and O–H groups in total. The smallest absolute Gasteiger partial charge is 0.260 e. The molecule has 0 aromatic carbocycles. The number of aromatic nitrogens is 2. The largest absolute Gasteiger partial charge is 0.332 e.